The summed E-state index contributed by atoms with van der Waals surface area (Å²) in [4.78, 5) is 0. The Morgan fingerprint density at radius 1 is 0.950 bits per heavy atom. The van der Waals surface area contributed by atoms with Crippen LogP contribution in [-0.2, 0) is 11.3 Å². The van der Waals surface area contributed by atoms with Crippen molar-refractivity contribution >= 4 is 31.9 Å². The Kier molecular flexibility index (Phi) is 4.73. The number of rotatable bonds is 3. The molecule has 3 nitrogen and oxygen atoms in total. The van der Waals surface area contributed by atoms with Crippen LogP contribution in [0.25, 0.3) is 11.1 Å². The quantitative estimate of drug-likeness (QED) is 0.780. The third-order valence-corrected chi connectivity index (χ3v) is 4.14. The fourth-order valence-corrected chi connectivity index (χ4v) is 3.13. The predicted molar refractivity (Wildman–Crippen MR) is 86.1 cm³/mol. The third kappa shape index (κ3) is 3.00. The molecule has 0 aliphatic carbocycles. The molecule has 0 atom stereocenters. The number of halogens is 2. The van der Waals surface area contributed by atoms with E-state index in [-0.39, 0.29) is 11.5 Å². The highest BCUT2D eigenvalue weighted by Crippen LogP contribution is 2.43. The molecule has 0 bridgehead atoms. The van der Waals surface area contributed by atoms with Gasteiger partial charge in [-0.1, -0.05) is 0 Å². The maximum Gasteiger partial charge on any atom is 0.137 e. The number of hydrogen-bond acceptors (Lipinski definition) is 3. The Hall–Kier alpha value is -1.04. The van der Waals surface area contributed by atoms with Gasteiger partial charge in [0.25, 0.3) is 0 Å². The summed E-state index contributed by atoms with van der Waals surface area (Å²) in [5.74, 6) is 0.199. The summed E-state index contributed by atoms with van der Waals surface area (Å²) in [6.45, 7) is 2.36. The van der Waals surface area contributed by atoms with Crippen molar-refractivity contribution in [2.45, 2.75) is 13.5 Å². The Labute approximate surface area is 134 Å². The molecule has 0 spiro atoms. The van der Waals surface area contributed by atoms with Crippen LogP contribution in [0.1, 0.15) is 11.1 Å². The number of aromatic hydroxyl groups is 2. The average Bonchev–Trinajstić information content (AvgIpc) is 2.38. The van der Waals surface area contributed by atoms with Gasteiger partial charge in [-0.15, -0.1) is 0 Å². The molecule has 2 rings (SSSR count). The topological polar surface area (TPSA) is 49.7 Å². The summed E-state index contributed by atoms with van der Waals surface area (Å²) >= 11 is 6.65. The highest BCUT2D eigenvalue weighted by Gasteiger charge is 2.15. The summed E-state index contributed by atoms with van der Waals surface area (Å²) in [5.41, 5.74) is 3.03. The van der Waals surface area contributed by atoms with Crippen molar-refractivity contribution in [1.82, 2.24) is 0 Å². The predicted octanol–water partition coefficient (Wildman–Crippen LogP) is 4.74. The standard InChI is InChI=1S/C15H14Br2O3/c1-8-3-10(14(18)12(16)4-8)11-5-9(7-20-2)6-13(17)15(11)19/h3-6,18-19H,7H2,1-2H3. The van der Waals surface area contributed by atoms with E-state index in [4.69, 9.17) is 4.74 Å². The molecule has 2 N–H and O–H groups in total. The van der Waals surface area contributed by atoms with Gasteiger partial charge in [0, 0.05) is 18.2 Å². The first-order valence-electron chi connectivity index (χ1n) is 5.94. The van der Waals surface area contributed by atoms with Crippen molar-refractivity contribution in [3.8, 4) is 22.6 Å². The van der Waals surface area contributed by atoms with Crippen molar-refractivity contribution in [3.63, 3.8) is 0 Å². The maximum absolute atomic E-state index is 10.2. The number of phenolic OH excluding ortho intramolecular Hbond substituents is 2. The lowest BCUT2D eigenvalue weighted by atomic mass is 9.99. The smallest absolute Gasteiger partial charge is 0.137 e. The molecule has 5 heteroatoms. The van der Waals surface area contributed by atoms with Crippen LogP contribution in [0.2, 0.25) is 0 Å². The normalized spacial score (nSPS) is 10.8. The van der Waals surface area contributed by atoms with Crippen molar-refractivity contribution < 1.29 is 14.9 Å². The molecule has 0 amide bonds. The molecule has 0 aromatic heterocycles. The van der Waals surface area contributed by atoms with Gasteiger partial charge in [0.1, 0.15) is 11.5 Å². The molecular weight excluding hydrogens is 388 g/mol. The van der Waals surface area contributed by atoms with Crippen LogP contribution in [-0.4, -0.2) is 17.3 Å². The van der Waals surface area contributed by atoms with E-state index in [1.165, 1.54) is 0 Å². The van der Waals surface area contributed by atoms with Gasteiger partial charge < -0.3 is 14.9 Å². The van der Waals surface area contributed by atoms with Gasteiger partial charge in [-0.2, -0.15) is 0 Å². The lowest BCUT2D eigenvalue weighted by Gasteiger charge is -2.13. The first-order valence-corrected chi connectivity index (χ1v) is 7.52. The van der Waals surface area contributed by atoms with Crippen LogP contribution in [0, 0.1) is 6.92 Å². The van der Waals surface area contributed by atoms with Crippen LogP contribution in [0.4, 0.5) is 0 Å². The summed E-state index contributed by atoms with van der Waals surface area (Å²) in [7, 11) is 1.61. The summed E-state index contributed by atoms with van der Waals surface area (Å²) in [5, 5.41) is 20.4. The summed E-state index contributed by atoms with van der Waals surface area (Å²) < 4.78 is 6.28. The molecule has 2 aromatic rings. The minimum absolute atomic E-state index is 0.0950. The number of ether oxygens (including phenoxy) is 1. The van der Waals surface area contributed by atoms with Crippen molar-refractivity contribution in [1.29, 1.82) is 0 Å². The van der Waals surface area contributed by atoms with E-state index in [2.05, 4.69) is 31.9 Å². The molecule has 0 unspecified atom stereocenters. The van der Waals surface area contributed by atoms with Gasteiger partial charge >= 0.3 is 0 Å². The first kappa shape index (κ1) is 15.4. The van der Waals surface area contributed by atoms with E-state index in [1.54, 1.807) is 13.2 Å². The van der Waals surface area contributed by atoms with Gasteiger partial charge in [-0.05, 0) is 74.2 Å². The number of aryl methyl sites for hydroxylation is 1. The molecule has 0 radical (unpaired) electrons. The lowest BCUT2D eigenvalue weighted by molar-refractivity contribution is 0.185. The molecule has 0 saturated heterocycles. The second-order valence-electron chi connectivity index (χ2n) is 4.55. The zero-order chi connectivity index (χ0) is 14.9. The van der Waals surface area contributed by atoms with Crippen LogP contribution in [0.3, 0.4) is 0 Å². The summed E-state index contributed by atoms with van der Waals surface area (Å²) in [6.07, 6.45) is 0. The fraction of sp³-hybridized carbons (Fsp3) is 0.200. The van der Waals surface area contributed by atoms with Crippen LogP contribution in [0.15, 0.2) is 33.2 Å². The minimum Gasteiger partial charge on any atom is -0.506 e. The van der Waals surface area contributed by atoms with E-state index < -0.39 is 0 Å². The molecule has 0 aliphatic heterocycles. The molecule has 2 aromatic carbocycles. The Morgan fingerprint density at radius 3 is 2.10 bits per heavy atom. The molecule has 0 saturated carbocycles. The second kappa shape index (κ2) is 6.16. The van der Waals surface area contributed by atoms with Crippen LogP contribution >= 0.6 is 31.9 Å². The minimum atomic E-state index is 0.0950. The fourth-order valence-electron chi connectivity index (χ4n) is 2.05. The Morgan fingerprint density at radius 2 is 1.50 bits per heavy atom. The first-order chi connectivity index (χ1) is 9.43. The second-order valence-corrected chi connectivity index (χ2v) is 6.26. The van der Waals surface area contributed by atoms with Gasteiger partial charge in [0.05, 0.1) is 15.6 Å². The molecule has 0 heterocycles. The summed E-state index contributed by atoms with van der Waals surface area (Å²) in [6, 6.07) is 7.26. The van der Waals surface area contributed by atoms with E-state index in [9.17, 15) is 10.2 Å². The van der Waals surface area contributed by atoms with Crippen LogP contribution in [0.5, 0.6) is 11.5 Å². The highest BCUT2D eigenvalue weighted by molar-refractivity contribution is 9.11. The zero-order valence-electron chi connectivity index (χ0n) is 11.1. The van der Waals surface area contributed by atoms with E-state index in [0.717, 1.165) is 11.1 Å². The molecule has 106 valence electrons. The number of methoxy groups -OCH3 is 1. The average molecular weight is 402 g/mol. The van der Waals surface area contributed by atoms with Crippen LogP contribution < -0.4 is 0 Å². The molecule has 0 aliphatic rings. The number of phenols is 2. The largest absolute Gasteiger partial charge is 0.506 e. The van der Waals surface area contributed by atoms with Gasteiger partial charge in [-0.25, -0.2) is 0 Å². The Bertz CT molecular complexity index is 654. The lowest BCUT2D eigenvalue weighted by Crippen LogP contribution is -1.91. The monoisotopic (exact) mass is 400 g/mol. The van der Waals surface area contributed by atoms with E-state index in [0.29, 0.717) is 26.7 Å². The SMILES string of the molecule is COCc1cc(Br)c(O)c(-c2cc(C)cc(Br)c2O)c1. The van der Waals surface area contributed by atoms with Crippen molar-refractivity contribution in [2.75, 3.05) is 7.11 Å². The van der Waals surface area contributed by atoms with Gasteiger partial charge in [0.2, 0.25) is 0 Å². The van der Waals surface area contributed by atoms with E-state index >= 15 is 0 Å². The molecule has 0 fully saturated rings. The van der Waals surface area contributed by atoms with Crippen molar-refractivity contribution in [2.24, 2.45) is 0 Å². The highest BCUT2D eigenvalue weighted by atomic mass is 79.9. The maximum atomic E-state index is 10.2. The number of hydrogen-bond donors (Lipinski definition) is 2. The van der Waals surface area contributed by atoms with Gasteiger partial charge in [0.15, 0.2) is 0 Å². The van der Waals surface area contributed by atoms with Crippen molar-refractivity contribution in [3.05, 3.63) is 44.3 Å². The molecule has 20 heavy (non-hydrogen) atoms. The van der Waals surface area contributed by atoms with E-state index in [1.807, 2.05) is 25.1 Å². The zero-order valence-corrected chi connectivity index (χ0v) is 14.2. The Balaban J connectivity index is 2.68. The van der Waals surface area contributed by atoms with Gasteiger partial charge in [-0.3, -0.25) is 0 Å². The molecular formula is C15H14Br2O3. The number of benzene rings is 2. The third-order valence-electron chi connectivity index (χ3n) is 2.93.